The van der Waals surface area contributed by atoms with E-state index in [-0.39, 0.29) is 11.8 Å². The van der Waals surface area contributed by atoms with Crippen molar-refractivity contribution in [3.05, 3.63) is 33.5 Å². The van der Waals surface area contributed by atoms with Crippen LogP contribution in [0.2, 0.25) is 0 Å². The maximum atomic E-state index is 13.1. The third kappa shape index (κ3) is 4.31. The molecule has 3 aliphatic rings. The van der Waals surface area contributed by atoms with Gasteiger partial charge in [0.05, 0.1) is 18.2 Å². The molecule has 1 atom stereocenters. The maximum Gasteiger partial charge on any atom is 0.228 e. The molecule has 3 aromatic rings. The normalized spacial score (nSPS) is 20.6. The number of fused-ring (bicyclic) bond motifs is 1. The fourth-order valence-electron chi connectivity index (χ4n) is 5.68. The predicted molar refractivity (Wildman–Crippen MR) is 131 cm³/mol. The average molecular weight is 479 g/mol. The van der Waals surface area contributed by atoms with E-state index in [0.717, 1.165) is 61.0 Å². The highest BCUT2D eigenvalue weighted by atomic mass is 32.1. The van der Waals surface area contributed by atoms with Gasteiger partial charge in [-0.05, 0) is 44.9 Å². The van der Waals surface area contributed by atoms with Gasteiger partial charge in [-0.1, -0.05) is 19.3 Å². The molecule has 1 saturated heterocycles. The number of Topliss-reactive ketones (excluding diaryl/α,β-unsaturated/α-hetero) is 1. The number of aromatic nitrogens is 6. The Morgan fingerprint density at radius 2 is 2.03 bits per heavy atom. The lowest BCUT2D eigenvalue weighted by Crippen LogP contribution is -2.38. The maximum absolute atomic E-state index is 13.1. The molecule has 2 aliphatic carbocycles. The van der Waals surface area contributed by atoms with Crippen molar-refractivity contribution in [2.24, 2.45) is 0 Å². The number of hydrogen-bond acceptors (Lipinski definition) is 9. The number of hydrogen-bond donors (Lipinski definition) is 2. The zero-order chi connectivity index (χ0) is 22.9. The Balaban J connectivity index is 1.24. The topological polar surface area (TPSA) is 113 Å². The molecule has 0 radical (unpaired) electrons. The van der Waals surface area contributed by atoms with Gasteiger partial charge in [-0.15, -0.1) is 21.5 Å². The highest BCUT2D eigenvalue weighted by Crippen LogP contribution is 2.35. The predicted octanol–water partition coefficient (Wildman–Crippen LogP) is 4.11. The number of aryl methyl sites for hydroxylation is 1. The average Bonchev–Trinajstić information content (AvgIpc) is 3.67. The SMILES string of the molecule is O=C(Cc1nncs1)C1CCCN1c1nc2c(c(Nc3cc(C4CCCCC4)[nH]n3)n1)CCC2. The van der Waals surface area contributed by atoms with Gasteiger partial charge in [-0.2, -0.15) is 10.1 Å². The Morgan fingerprint density at radius 1 is 1.12 bits per heavy atom. The molecule has 0 aromatic carbocycles. The van der Waals surface area contributed by atoms with E-state index in [9.17, 15) is 4.79 Å². The lowest BCUT2D eigenvalue weighted by atomic mass is 9.87. The molecule has 178 valence electrons. The minimum Gasteiger partial charge on any atom is -0.331 e. The number of ketones is 1. The number of rotatable bonds is 7. The first kappa shape index (κ1) is 21.6. The molecule has 2 fully saturated rings. The van der Waals surface area contributed by atoms with Gasteiger partial charge >= 0.3 is 0 Å². The highest BCUT2D eigenvalue weighted by molar-refractivity contribution is 7.09. The van der Waals surface area contributed by atoms with E-state index in [1.54, 1.807) is 5.51 Å². The van der Waals surface area contributed by atoms with Crippen LogP contribution in [0.25, 0.3) is 0 Å². The molecule has 1 unspecified atom stereocenters. The van der Waals surface area contributed by atoms with Crippen molar-refractivity contribution in [3.63, 3.8) is 0 Å². The number of aromatic amines is 1. The fraction of sp³-hybridized carbons (Fsp3) is 0.583. The van der Waals surface area contributed by atoms with Crippen LogP contribution in [0, 0.1) is 0 Å². The highest BCUT2D eigenvalue weighted by Gasteiger charge is 2.34. The number of anilines is 3. The Labute approximate surface area is 202 Å². The molecular formula is C24H30N8OS. The van der Waals surface area contributed by atoms with Gasteiger partial charge in [0.1, 0.15) is 16.3 Å². The molecule has 1 aliphatic heterocycles. The van der Waals surface area contributed by atoms with E-state index in [1.807, 2.05) is 0 Å². The number of carbonyl (C=O) groups is 1. The summed E-state index contributed by atoms with van der Waals surface area (Å²) in [5.41, 5.74) is 5.17. The van der Waals surface area contributed by atoms with E-state index >= 15 is 0 Å². The van der Waals surface area contributed by atoms with Crippen LogP contribution in [0.4, 0.5) is 17.6 Å². The Hall–Kier alpha value is -2.88. The van der Waals surface area contributed by atoms with Crippen LogP contribution in [-0.2, 0) is 24.1 Å². The number of carbonyl (C=O) groups excluding carboxylic acids is 1. The summed E-state index contributed by atoms with van der Waals surface area (Å²) in [6, 6.07) is 1.93. The van der Waals surface area contributed by atoms with Gasteiger partial charge in [0.2, 0.25) is 5.95 Å². The summed E-state index contributed by atoms with van der Waals surface area (Å²) in [5.74, 6) is 3.04. The van der Waals surface area contributed by atoms with Crippen molar-refractivity contribution in [3.8, 4) is 0 Å². The standard InChI is InChI=1S/C24H30N8OS/c33-20(13-22-31-25-14-34-22)19-10-5-11-32(19)24-26-17-9-4-8-16(17)23(28-24)27-21-12-18(29-30-21)15-6-2-1-3-7-15/h12,14-15,19H,1-11,13H2,(H2,26,27,28,29,30). The molecule has 4 heterocycles. The monoisotopic (exact) mass is 478 g/mol. The van der Waals surface area contributed by atoms with Crippen LogP contribution in [0.15, 0.2) is 11.6 Å². The van der Waals surface area contributed by atoms with Crippen molar-refractivity contribution in [1.29, 1.82) is 0 Å². The molecule has 0 bridgehead atoms. The Morgan fingerprint density at radius 3 is 2.88 bits per heavy atom. The molecule has 2 N–H and O–H groups in total. The van der Waals surface area contributed by atoms with Crippen LogP contribution in [0.5, 0.6) is 0 Å². The molecule has 1 saturated carbocycles. The van der Waals surface area contributed by atoms with Crippen LogP contribution >= 0.6 is 11.3 Å². The van der Waals surface area contributed by atoms with Gasteiger partial charge in [0.15, 0.2) is 11.6 Å². The largest absolute Gasteiger partial charge is 0.331 e. The molecule has 10 heteroatoms. The van der Waals surface area contributed by atoms with E-state index in [0.29, 0.717) is 18.3 Å². The lowest BCUT2D eigenvalue weighted by Gasteiger charge is -2.24. The first-order valence-electron chi connectivity index (χ1n) is 12.5. The molecular weight excluding hydrogens is 448 g/mol. The third-order valence-electron chi connectivity index (χ3n) is 7.42. The Kier molecular flexibility index (Phi) is 5.98. The first-order valence-corrected chi connectivity index (χ1v) is 13.4. The van der Waals surface area contributed by atoms with Crippen LogP contribution in [0.1, 0.15) is 79.2 Å². The minimum absolute atomic E-state index is 0.164. The summed E-state index contributed by atoms with van der Waals surface area (Å²) in [6.07, 6.45) is 11.5. The van der Waals surface area contributed by atoms with Gasteiger partial charge in [-0.25, -0.2) is 4.98 Å². The van der Waals surface area contributed by atoms with Gasteiger partial charge < -0.3 is 10.2 Å². The third-order valence-corrected chi connectivity index (χ3v) is 8.12. The van der Waals surface area contributed by atoms with Crippen LogP contribution in [-0.4, -0.2) is 48.7 Å². The van der Waals surface area contributed by atoms with Crippen molar-refractivity contribution < 1.29 is 4.79 Å². The van der Waals surface area contributed by atoms with Crippen LogP contribution < -0.4 is 10.2 Å². The lowest BCUT2D eigenvalue weighted by molar-refractivity contribution is -0.119. The summed E-state index contributed by atoms with van der Waals surface area (Å²) < 4.78 is 0. The zero-order valence-corrected chi connectivity index (χ0v) is 20.1. The summed E-state index contributed by atoms with van der Waals surface area (Å²) in [7, 11) is 0. The van der Waals surface area contributed by atoms with E-state index in [4.69, 9.17) is 9.97 Å². The van der Waals surface area contributed by atoms with Gasteiger partial charge in [0, 0.05) is 29.8 Å². The quantitative estimate of drug-likeness (QED) is 0.522. The van der Waals surface area contributed by atoms with Gasteiger partial charge in [-0.3, -0.25) is 9.89 Å². The second kappa shape index (κ2) is 9.40. The smallest absolute Gasteiger partial charge is 0.228 e. The molecule has 0 spiro atoms. The van der Waals surface area contributed by atoms with Crippen LogP contribution in [0.3, 0.4) is 0 Å². The molecule has 34 heavy (non-hydrogen) atoms. The Bertz CT molecular complexity index is 1150. The molecule has 9 nitrogen and oxygen atoms in total. The van der Waals surface area contributed by atoms with Crippen molar-refractivity contribution >= 4 is 34.7 Å². The van der Waals surface area contributed by atoms with Crippen molar-refractivity contribution in [1.82, 2.24) is 30.4 Å². The minimum atomic E-state index is -0.209. The van der Waals surface area contributed by atoms with Gasteiger partial charge in [0.25, 0.3) is 0 Å². The van der Waals surface area contributed by atoms with E-state index in [1.165, 1.54) is 54.7 Å². The summed E-state index contributed by atoms with van der Waals surface area (Å²) in [5, 5.41) is 20.0. The first-order chi connectivity index (χ1) is 16.7. The number of H-pyrrole nitrogens is 1. The van der Waals surface area contributed by atoms with E-state index < -0.39 is 0 Å². The fourth-order valence-corrected chi connectivity index (χ4v) is 6.21. The summed E-state index contributed by atoms with van der Waals surface area (Å²) in [4.78, 5) is 25.0. The van der Waals surface area contributed by atoms with E-state index in [2.05, 4.69) is 36.7 Å². The summed E-state index contributed by atoms with van der Waals surface area (Å²) in [6.45, 7) is 0.791. The molecule has 0 amide bonds. The van der Waals surface area contributed by atoms with Crippen molar-refractivity contribution in [2.45, 2.75) is 82.6 Å². The zero-order valence-electron chi connectivity index (χ0n) is 19.3. The second-order valence-electron chi connectivity index (χ2n) is 9.65. The molecule has 6 rings (SSSR count). The number of nitrogens with zero attached hydrogens (tertiary/aromatic N) is 6. The number of nitrogens with one attached hydrogen (secondary N) is 2. The molecule has 3 aromatic heterocycles. The van der Waals surface area contributed by atoms with Crippen molar-refractivity contribution in [2.75, 3.05) is 16.8 Å². The summed E-state index contributed by atoms with van der Waals surface area (Å²) >= 11 is 1.43. The second-order valence-corrected chi connectivity index (χ2v) is 10.6.